The molecule has 3 aliphatic rings. The van der Waals surface area contributed by atoms with Crippen LogP contribution in [-0.2, 0) is 16.4 Å². The third kappa shape index (κ3) is 4.84. The molecule has 0 aliphatic carbocycles. The minimum absolute atomic E-state index is 0.0195. The first kappa shape index (κ1) is 21.5. The Balaban J connectivity index is 1.13. The van der Waals surface area contributed by atoms with Crippen LogP contribution >= 0.6 is 11.8 Å². The summed E-state index contributed by atoms with van der Waals surface area (Å²) in [7, 11) is -2.95. The Kier molecular flexibility index (Phi) is 5.96. The van der Waals surface area contributed by atoms with Crippen molar-refractivity contribution >= 4 is 38.4 Å². The van der Waals surface area contributed by atoms with Crippen LogP contribution in [0.2, 0.25) is 0 Å². The summed E-state index contributed by atoms with van der Waals surface area (Å²) in [5.74, 6) is 0.414. The largest absolute Gasteiger partial charge is 0.335 e. The van der Waals surface area contributed by atoms with Crippen molar-refractivity contribution in [2.75, 3.05) is 43.0 Å². The van der Waals surface area contributed by atoms with Crippen molar-refractivity contribution in [3.63, 3.8) is 0 Å². The van der Waals surface area contributed by atoms with Crippen molar-refractivity contribution in [2.45, 2.75) is 17.8 Å². The van der Waals surface area contributed by atoms with Crippen LogP contribution in [0, 0.1) is 0 Å². The molecular weight excluding hydrogens is 444 g/mol. The van der Waals surface area contributed by atoms with Crippen LogP contribution in [0.5, 0.6) is 0 Å². The summed E-state index contributed by atoms with van der Waals surface area (Å²) in [5, 5.41) is 4.04. The van der Waals surface area contributed by atoms with Gasteiger partial charge in [-0.05, 0) is 24.3 Å². The lowest BCUT2D eigenvalue weighted by atomic mass is 10.1. The normalized spacial score (nSPS) is 24.8. The highest BCUT2D eigenvalue weighted by Gasteiger charge is 2.42. The molecule has 2 saturated heterocycles. The van der Waals surface area contributed by atoms with Crippen molar-refractivity contribution in [3.05, 3.63) is 65.7 Å². The number of nitrogens with zero attached hydrogens (tertiary/aromatic N) is 2. The van der Waals surface area contributed by atoms with Gasteiger partial charge in [0.15, 0.2) is 15.0 Å². The smallest absolute Gasteiger partial charge is 0.254 e. The number of fused-ring (bicyclic) bond motifs is 1. The number of amidine groups is 1. The van der Waals surface area contributed by atoms with Gasteiger partial charge in [0.25, 0.3) is 5.91 Å². The number of amides is 1. The fourth-order valence-electron chi connectivity index (χ4n) is 4.51. The van der Waals surface area contributed by atoms with Gasteiger partial charge in [0.2, 0.25) is 0 Å². The number of benzene rings is 2. The van der Waals surface area contributed by atoms with Crippen LogP contribution in [0.25, 0.3) is 0 Å². The van der Waals surface area contributed by atoms with Crippen molar-refractivity contribution in [1.29, 1.82) is 0 Å². The lowest BCUT2D eigenvalue weighted by Crippen LogP contribution is -3.13. The van der Waals surface area contributed by atoms with Gasteiger partial charge in [-0.15, -0.1) is 0 Å². The van der Waals surface area contributed by atoms with Crippen LogP contribution in [0.1, 0.15) is 15.9 Å². The Morgan fingerprint density at radius 3 is 2.47 bits per heavy atom. The summed E-state index contributed by atoms with van der Waals surface area (Å²) in [5.41, 5.74) is 2.87. The molecule has 32 heavy (non-hydrogen) atoms. The number of aliphatic imine (C=N–C) groups is 1. The predicted octanol–water partition coefficient (Wildman–Crippen LogP) is 0.908. The van der Waals surface area contributed by atoms with E-state index in [2.05, 4.69) is 34.6 Å². The second-order valence-corrected chi connectivity index (χ2v) is 12.0. The number of carbonyl (C=O) groups excluding carboxylic acids is 1. The number of thioether (sulfide) groups is 1. The Hall–Kier alpha value is -2.36. The molecule has 0 aromatic heterocycles. The second kappa shape index (κ2) is 8.88. The van der Waals surface area contributed by atoms with E-state index in [-0.39, 0.29) is 28.7 Å². The number of hydrogen-bond donors (Lipinski definition) is 2. The van der Waals surface area contributed by atoms with Gasteiger partial charge in [0.1, 0.15) is 6.54 Å². The molecule has 2 N–H and O–H groups in total. The topological polar surface area (TPSA) is 83.3 Å². The van der Waals surface area contributed by atoms with Gasteiger partial charge in [-0.3, -0.25) is 9.79 Å². The minimum Gasteiger partial charge on any atom is -0.335 e. The van der Waals surface area contributed by atoms with Crippen molar-refractivity contribution in [2.24, 2.45) is 4.99 Å². The second-order valence-electron chi connectivity index (χ2n) is 8.64. The third-order valence-corrected chi connectivity index (χ3v) is 9.40. The molecule has 9 heteroatoms. The van der Waals surface area contributed by atoms with Gasteiger partial charge >= 0.3 is 0 Å². The number of rotatable bonds is 4. The number of nitrogens with one attached hydrogen (secondary N) is 2. The van der Waals surface area contributed by atoms with Gasteiger partial charge in [-0.2, -0.15) is 0 Å². The van der Waals surface area contributed by atoms with Gasteiger partial charge in [-0.1, -0.05) is 42.1 Å². The van der Waals surface area contributed by atoms with Crippen molar-refractivity contribution in [1.82, 2.24) is 4.90 Å². The zero-order chi connectivity index (χ0) is 22.1. The van der Waals surface area contributed by atoms with E-state index in [0.717, 1.165) is 43.6 Å². The van der Waals surface area contributed by atoms with Crippen LogP contribution < -0.4 is 10.2 Å². The molecule has 5 rings (SSSR count). The number of carbonyl (C=O) groups is 1. The van der Waals surface area contributed by atoms with E-state index in [4.69, 9.17) is 0 Å². The molecule has 2 aromatic rings. The Bertz CT molecular complexity index is 1110. The van der Waals surface area contributed by atoms with E-state index in [0.29, 0.717) is 5.56 Å². The fraction of sp³-hybridized carbons (Fsp3) is 0.391. The van der Waals surface area contributed by atoms with E-state index in [1.54, 1.807) is 0 Å². The molecule has 2 aromatic carbocycles. The summed E-state index contributed by atoms with van der Waals surface area (Å²) in [6.45, 7) is 4.43. The molecule has 7 nitrogen and oxygen atoms in total. The molecule has 2 fully saturated rings. The molecular formula is C23H27N4O3S2+. The third-order valence-electron chi connectivity index (χ3n) is 6.26. The first-order valence-corrected chi connectivity index (χ1v) is 13.6. The minimum atomic E-state index is -2.95. The van der Waals surface area contributed by atoms with Gasteiger partial charge in [0.05, 0.1) is 43.7 Å². The molecule has 2 unspecified atom stereocenters. The average Bonchev–Trinajstić information content (AvgIpc) is 3.27. The van der Waals surface area contributed by atoms with E-state index >= 15 is 0 Å². The predicted molar refractivity (Wildman–Crippen MR) is 128 cm³/mol. The standard InChI is InChI=1S/C23H26N4O3S2/c28-22(27-12-10-26(11-13-27)14-17-4-2-1-3-5-17)18-6-8-19(9-7-18)24-23-25-20-15-32(29,30)16-21(20)31-23/h1-9,20-21H,10-16H2,(H,24,25)/p+1. The van der Waals surface area contributed by atoms with Crippen LogP contribution in [0.3, 0.4) is 0 Å². The maximum atomic E-state index is 12.9. The monoisotopic (exact) mass is 471 g/mol. The summed E-state index contributed by atoms with van der Waals surface area (Å²) < 4.78 is 23.4. The number of sulfone groups is 1. The highest BCUT2D eigenvalue weighted by molar-refractivity contribution is 8.15. The zero-order valence-electron chi connectivity index (χ0n) is 17.7. The van der Waals surface area contributed by atoms with Crippen LogP contribution in [0.15, 0.2) is 59.6 Å². The molecule has 2 atom stereocenters. The van der Waals surface area contributed by atoms with Crippen molar-refractivity contribution in [3.8, 4) is 0 Å². The lowest BCUT2D eigenvalue weighted by molar-refractivity contribution is -0.917. The van der Waals surface area contributed by atoms with Gasteiger partial charge < -0.3 is 15.1 Å². The Morgan fingerprint density at radius 1 is 1.06 bits per heavy atom. The molecule has 0 saturated carbocycles. The van der Waals surface area contributed by atoms with Crippen LogP contribution in [-0.4, -0.2) is 73.4 Å². The van der Waals surface area contributed by atoms with E-state index in [1.807, 2.05) is 35.2 Å². The van der Waals surface area contributed by atoms with Gasteiger partial charge in [0, 0.05) is 22.1 Å². The van der Waals surface area contributed by atoms with Gasteiger partial charge in [-0.25, -0.2) is 8.42 Å². The summed E-state index contributed by atoms with van der Waals surface area (Å²) in [6.07, 6.45) is 0. The average molecular weight is 472 g/mol. The molecule has 3 aliphatic heterocycles. The van der Waals surface area contributed by atoms with Crippen LogP contribution in [0.4, 0.5) is 5.69 Å². The molecule has 3 heterocycles. The Labute approximate surface area is 192 Å². The number of anilines is 1. The van der Waals surface area contributed by atoms with E-state index in [9.17, 15) is 13.2 Å². The highest BCUT2D eigenvalue weighted by atomic mass is 32.2. The fourth-order valence-corrected chi connectivity index (χ4v) is 8.18. The maximum absolute atomic E-state index is 12.9. The maximum Gasteiger partial charge on any atom is 0.254 e. The molecule has 0 spiro atoms. The summed E-state index contributed by atoms with van der Waals surface area (Å²) >= 11 is 1.49. The van der Waals surface area contributed by atoms with E-state index < -0.39 is 9.84 Å². The Morgan fingerprint density at radius 2 is 1.78 bits per heavy atom. The van der Waals surface area contributed by atoms with E-state index in [1.165, 1.54) is 22.2 Å². The van der Waals surface area contributed by atoms with Crippen molar-refractivity contribution < 1.29 is 18.1 Å². The lowest BCUT2D eigenvalue weighted by Gasteiger charge is -2.32. The molecule has 0 bridgehead atoms. The zero-order valence-corrected chi connectivity index (χ0v) is 19.4. The quantitative estimate of drug-likeness (QED) is 0.693. The molecule has 168 valence electrons. The number of piperazine rings is 1. The highest BCUT2D eigenvalue weighted by Crippen LogP contribution is 2.34. The first-order chi connectivity index (χ1) is 15.4. The first-order valence-electron chi connectivity index (χ1n) is 10.9. The number of quaternary nitrogens is 1. The number of hydrogen-bond acceptors (Lipinski definition) is 6. The SMILES string of the molecule is O=C(c1ccc(NC2=NC3CS(=O)(=O)CC3S2)cc1)N1CC[NH+](Cc2ccccc2)CC1. The summed E-state index contributed by atoms with van der Waals surface area (Å²) in [6, 6.07) is 17.8. The molecule has 1 amide bonds. The molecule has 0 radical (unpaired) electrons. The summed E-state index contributed by atoms with van der Waals surface area (Å²) in [4.78, 5) is 20.9.